The van der Waals surface area contributed by atoms with E-state index in [1.54, 1.807) is 20.2 Å². The summed E-state index contributed by atoms with van der Waals surface area (Å²) in [5.41, 5.74) is 6.25. The number of methoxy groups -OCH3 is 1. The van der Waals surface area contributed by atoms with Crippen molar-refractivity contribution in [2.75, 3.05) is 27.4 Å². The lowest BCUT2D eigenvalue weighted by Gasteiger charge is -2.23. The van der Waals surface area contributed by atoms with Crippen LogP contribution < -0.4 is 14.8 Å². The Morgan fingerprint density at radius 1 is 1.03 bits per heavy atom. The zero-order valence-electron chi connectivity index (χ0n) is 21.9. The van der Waals surface area contributed by atoms with E-state index in [-0.39, 0.29) is 25.0 Å². The summed E-state index contributed by atoms with van der Waals surface area (Å²) in [6.45, 7) is 2.62. The topological polar surface area (TPSA) is 86.3 Å². The van der Waals surface area contributed by atoms with Gasteiger partial charge >= 0.3 is 6.09 Å². The van der Waals surface area contributed by atoms with Gasteiger partial charge in [0.1, 0.15) is 18.1 Å². The molecule has 2 amide bonds. The fourth-order valence-electron chi connectivity index (χ4n) is 4.72. The fraction of sp³-hybridized carbons (Fsp3) is 0.310. The van der Waals surface area contributed by atoms with Crippen molar-refractivity contribution < 1.29 is 28.4 Å². The molecule has 1 aliphatic rings. The highest BCUT2D eigenvalue weighted by atomic mass is 31.0. The third-order valence-corrected chi connectivity index (χ3v) is 6.94. The second kappa shape index (κ2) is 12.8. The van der Waals surface area contributed by atoms with Crippen LogP contribution in [0.1, 0.15) is 41.0 Å². The summed E-state index contributed by atoms with van der Waals surface area (Å²) < 4.78 is 22.5. The van der Waals surface area contributed by atoms with E-state index in [1.165, 1.54) is 11.1 Å². The number of hydrogen-bond acceptors (Lipinski definition) is 6. The second-order valence-corrected chi connectivity index (χ2v) is 9.20. The predicted octanol–water partition coefficient (Wildman–Crippen LogP) is 5.38. The Bertz CT molecular complexity index is 1250. The molecule has 0 fully saturated rings. The van der Waals surface area contributed by atoms with Gasteiger partial charge in [-0.05, 0) is 47.2 Å². The summed E-state index contributed by atoms with van der Waals surface area (Å²) in [6, 6.07) is 20.0. The SMILES string of the molecule is CNC(=O)CCCOc1cc(C)c(CN(OP)C(=O)OCC2c3ccccc3-c3ccccc32)c(OC)c1. The molecule has 1 atom stereocenters. The van der Waals surface area contributed by atoms with Crippen LogP contribution in [-0.2, 0) is 20.7 Å². The lowest BCUT2D eigenvalue weighted by Crippen LogP contribution is -2.30. The molecule has 0 bridgehead atoms. The van der Waals surface area contributed by atoms with Gasteiger partial charge in [-0.3, -0.25) is 9.42 Å². The first-order valence-corrected chi connectivity index (χ1v) is 12.9. The molecule has 200 valence electrons. The van der Waals surface area contributed by atoms with Crippen molar-refractivity contribution in [1.29, 1.82) is 0 Å². The van der Waals surface area contributed by atoms with Gasteiger partial charge in [0, 0.05) is 40.5 Å². The minimum atomic E-state index is -0.599. The zero-order chi connectivity index (χ0) is 27.1. The number of nitrogens with one attached hydrogen (secondary N) is 1. The van der Waals surface area contributed by atoms with Crippen molar-refractivity contribution in [2.45, 2.75) is 32.2 Å². The molecule has 1 unspecified atom stereocenters. The summed E-state index contributed by atoms with van der Waals surface area (Å²) in [7, 11) is 5.28. The van der Waals surface area contributed by atoms with Gasteiger partial charge in [0.25, 0.3) is 0 Å². The Labute approximate surface area is 225 Å². The van der Waals surface area contributed by atoms with Gasteiger partial charge in [-0.15, -0.1) is 0 Å². The van der Waals surface area contributed by atoms with E-state index >= 15 is 0 Å². The third-order valence-electron chi connectivity index (χ3n) is 6.69. The minimum Gasteiger partial charge on any atom is -0.496 e. The average Bonchev–Trinajstić information content (AvgIpc) is 3.26. The molecule has 0 saturated carbocycles. The molecular formula is C29H33N2O6P. The van der Waals surface area contributed by atoms with Gasteiger partial charge in [0.2, 0.25) is 5.91 Å². The Morgan fingerprint density at radius 3 is 2.29 bits per heavy atom. The number of carbonyl (C=O) groups is 2. The quantitative estimate of drug-likeness (QED) is 0.201. The Balaban J connectivity index is 1.41. The molecule has 1 aliphatic carbocycles. The predicted molar refractivity (Wildman–Crippen MR) is 148 cm³/mol. The van der Waals surface area contributed by atoms with Gasteiger partial charge in [-0.25, -0.2) is 4.79 Å². The van der Waals surface area contributed by atoms with Crippen LogP contribution in [-0.4, -0.2) is 44.4 Å². The molecule has 0 saturated heterocycles. The molecule has 38 heavy (non-hydrogen) atoms. The highest BCUT2D eigenvalue weighted by Crippen LogP contribution is 2.44. The Morgan fingerprint density at radius 2 is 1.68 bits per heavy atom. The zero-order valence-corrected chi connectivity index (χ0v) is 23.0. The van der Waals surface area contributed by atoms with E-state index in [2.05, 4.69) is 39.0 Å². The van der Waals surface area contributed by atoms with Crippen LogP contribution >= 0.6 is 9.47 Å². The summed E-state index contributed by atoms with van der Waals surface area (Å²) in [4.78, 5) is 24.5. The summed E-state index contributed by atoms with van der Waals surface area (Å²) in [5.74, 6) is 1.11. The van der Waals surface area contributed by atoms with E-state index in [9.17, 15) is 9.59 Å². The minimum absolute atomic E-state index is 0.0246. The maximum Gasteiger partial charge on any atom is 0.434 e. The van der Waals surface area contributed by atoms with Crippen LogP contribution in [0.5, 0.6) is 11.5 Å². The number of hydroxylamine groups is 2. The number of hydrogen-bond donors (Lipinski definition) is 1. The number of amides is 2. The molecule has 4 rings (SSSR count). The first kappa shape index (κ1) is 27.4. The highest BCUT2D eigenvalue weighted by molar-refractivity contribution is 7.09. The number of nitrogens with zero attached hydrogens (tertiary/aromatic N) is 1. The summed E-state index contributed by atoms with van der Waals surface area (Å²) in [5, 5.41) is 3.74. The Kier molecular flexibility index (Phi) is 9.21. The molecule has 0 spiro atoms. The normalized spacial score (nSPS) is 11.9. The van der Waals surface area contributed by atoms with E-state index < -0.39 is 6.09 Å². The molecule has 3 aromatic rings. The number of aryl methyl sites for hydroxylation is 1. The summed E-state index contributed by atoms with van der Waals surface area (Å²) in [6.07, 6.45) is 0.391. The molecule has 0 heterocycles. The van der Waals surface area contributed by atoms with E-state index in [0.29, 0.717) is 30.9 Å². The number of carbonyl (C=O) groups excluding carboxylic acids is 2. The number of rotatable bonds is 11. The van der Waals surface area contributed by atoms with Crippen molar-refractivity contribution in [3.05, 3.63) is 82.9 Å². The van der Waals surface area contributed by atoms with Crippen molar-refractivity contribution >= 4 is 21.5 Å². The van der Waals surface area contributed by atoms with Crippen molar-refractivity contribution in [3.63, 3.8) is 0 Å². The average molecular weight is 537 g/mol. The van der Waals surface area contributed by atoms with Crippen LogP contribution in [0, 0.1) is 6.92 Å². The van der Waals surface area contributed by atoms with Gasteiger partial charge in [-0.1, -0.05) is 48.5 Å². The van der Waals surface area contributed by atoms with Crippen molar-refractivity contribution in [3.8, 4) is 22.6 Å². The van der Waals surface area contributed by atoms with Gasteiger partial charge in [-0.2, -0.15) is 5.06 Å². The standard InChI is InChI=1S/C29H33N2O6P/c1-19-15-20(35-14-8-13-28(32)30-2)16-27(34-3)25(19)17-31(37-38)29(33)36-18-26-23-11-6-4-9-21(23)22-10-5-7-12-24(22)26/h4-7,9-12,15-16,26H,8,13-14,17-18,38H2,1-3H3,(H,30,32). The molecule has 8 nitrogen and oxygen atoms in total. The molecule has 9 heteroatoms. The van der Waals surface area contributed by atoms with Crippen molar-refractivity contribution in [1.82, 2.24) is 10.4 Å². The van der Waals surface area contributed by atoms with Gasteiger partial charge in [0.05, 0.1) is 20.3 Å². The highest BCUT2D eigenvalue weighted by Gasteiger charge is 2.30. The van der Waals surface area contributed by atoms with Gasteiger partial charge in [0.15, 0.2) is 0 Å². The molecular weight excluding hydrogens is 503 g/mol. The van der Waals surface area contributed by atoms with Crippen molar-refractivity contribution in [2.24, 2.45) is 0 Å². The first-order valence-electron chi connectivity index (χ1n) is 12.5. The van der Waals surface area contributed by atoms with E-state index in [0.717, 1.165) is 27.3 Å². The first-order chi connectivity index (χ1) is 18.5. The maximum atomic E-state index is 13.1. The lowest BCUT2D eigenvalue weighted by atomic mass is 9.98. The van der Waals surface area contributed by atoms with E-state index in [4.69, 9.17) is 18.8 Å². The third kappa shape index (κ3) is 6.09. The number of ether oxygens (including phenoxy) is 3. The summed E-state index contributed by atoms with van der Waals surface area (Å²) >= 11 is 0. The maximum absolute atomic E-state index is 13.1. The lowest BCUT2D eigenvalue weighted by molar-refractivity contribution is -0.120. The molecule has 0 aromatic heterocycles. The number of fused-ring (bicyclic) bond motifs is 3. The fourth-order valence-corrected chi connectivity index (χ4v) is 4.88. The molecule has 0 aliphatic heterocycles. The Hall–Kier alpha value is -3.61. The van der Waals surface area contributed by atoms with Crippen LogP contribution in [0.3, 0.4) is 0 Å². The van der Waals surface area contributed by atoms with E-state index in [1.807, 2.05) is 37.3 Å². The molecule has 3 aromatic carbocycles. The largest absolute Gasteiger partial charge is 0.496 e. The smallest absolute Gasteiger partial charge is 0.434 e. The van der Waals surface area contributed by atoms with Crippen LogP contribution in [0.15, 0.2) is 60.7 Å². The van der Waals surface area contributed by atoms with Gasteiger partial charge < -0.3 is 19.5 Å². The van der Waals surface area contributed by atoms with Crippen LogP contribution in [0.25, 0.3) is 11.1 Å². The van der Waals surface area contributed by atoms with Crippen LogP contribution in [0.2, 0.25) is 0 Å². The monoisotopic (exact) mass is 536 g/mol. The van der Waals surface area contributed by atoms with Crippen LogP contribution in [0.4, 0.5) is 4.79 Å². The second-order valence-electron chi connectivity index (χ2n) is 8.99. The molecule has 1 N–H and O–H groups in total. The number of benzene rings is 3. The molecule has 0 radical (unpaired) electrons.